The van der Waals surface area contributed by atoms with E-state index in [1.807, 2.05) is 0 Å². The number of aromatic nitrogens is 1. The zero-order valence-electron chi connectivity index (χ0n) is 11.8. The molecule has 1 amide bonds. The van der Waals surface area contributed by atoms with Crippen LogP contribution in [0.4, 0.5) is 10.1 Å². The molecule has 0 unspecified atom stereocenters. The van der Waals surface area contributed by atoms with Crippen LogP contribution >= 0.6 is 0 Å². The van der Waals surface area contributed by atoms with Crippen molar-refractivity contribution in [2.24, 2.45) is 0 Å². The molecule has 0 bridgehead atoms. The van der Waals surface area contributed by atoms with E-state index in [1.54, 1.807) is 42.5 Å². The van der Waals surface area contributed by atoms with E-state index in [1.165, 1.54) is 13.0 Å². The van der Waals surface area contributed by atoms with E-state index >= 15 is 0 Å². The number of benzene rings is 2. The number of rotatable bonds is 3. The van der Waals surface area contributed by atoms with Crippen LogP contribution in [0.3, 0.4) is 0 Å². The topological polar surface area (TPSA) is 62.0 Å². The summed E-state index contributed by atoms with van der Waals surface area (Å²) < 4.78 is 14.1. The van der Waals surface area contributed by atoms with Crippen molar-refractivity contribution in [3.05, 3.63) is 65.6 Å². The third-order valence-electron chi connectivity index (χ3n) is 3.34. The van der Waals surface area contributed by atoms with E-state index in [0.717, 1.165) is 0 Å². The fourth-order valence-electron chi connectivity index (χ4n) is 2.41. The number of hydrogen-bond donors (Lipinski definition) is 2. The summed E-state index contributed by atoms with van der Waals surface area (Å²) in [4.78, 5) is 26.9. The van der Waals surface area contributed by atoms with Crippen LogP contribution in [0.5, 0.6) is 0 Å². The number of halogens is 1. The molecule has 0 aliphatic heterocycles. The molecule has 1 heterocycles. The second-order valence-corrected chi connectivity index (χ2v) is 4.91. The van der Waals surface area contributed by atoms with Crippen LogP contribution in [0, 0.1) is 5.82 Å². The molecular weight excluding hydrogens is 283 g/mol. The lowest BCUT2D eigenvalue weighted by Gasteiger charge is -2.05. The molecule has 110 valence electrons. The van der Waals surface area contributed by atoms with Crippen molar-refractivity contribution >= 4 is 28.3 Å². The van der Waals surface area contributed by atoms with Crippen LogP contribution in [-0.2, 0) is 4.79 Å². The molecule has 0 aliphatic carbocycles. The Morgan fingerprint density at radius 3 is 2.45 bits per heavy atom. The third-order valence-corrected chi connectivity index (χ3v) is 3.34. The molecule has 5 heteroatoms. The van der Waals surface area contributed by atoms with Crippen LogP contribution in [0.2, 0.25) is 0 Å². The molecule has 0 fully saturated rings. The lowest BCUT2D eigenvalue weighted by molar-refractivity contribution is -0.114. The molecule has 0 saturated heterocycles. The SMILES string of the molecule is CC(=O)Nc1c(C(=O)c2ccccc2)[nH]c2cccc(F)c12. The number of carbonyl (C=O) groups is 2. The molecule has 2 aromatic carbocycles. The molecule has 4 nitrogen and oxygen atoms in total. The molecule has 0 saturated carbocycles. The number of carbonyl (C=O) groups excluding carboxylic acids is 2. The molecule has 2 N–H and O–H groups in total. The minimum atomic E-state index is -0.496. The predicted molar refractivity (Wildman–Crippen MR) is 82.4 cm³/mol. The third kappa shape index (κ3) is 2.37. The van der Waals surface area contributed by atoms with Gasteiger partial charge in [-0.2, -0.15) is 0 Å². The quantitative estimate of drug-likeness (QED) is 0.727. The van der Waals surface area contributed by atoms with E-state index in [2.05, 4.69) is 10.3 Å². The molecule has 0 spiro atoms. The Labute approximate surface area is 126 Å². The lowest BCUT2D eigenvalue weighted by atomic mass is 10.1. The van der Waals surface area contributed by atoms with Crippen LogP contribution in [0.15, 0.2) is 48.5 Å². The normalized spacial score (nSPS) is 10.6. The maximum atomic E-state index is 14.1. The average molecular weight is 296 g/mol. The second kappa shape index (κ2) is 5.44. The summed E-state index contributed by atoms with van der Waals surface area (Å²) in [5.74, 6) is -1.17. The molecular formula is C17H13FN2O2. The second-order valence-electron chi connectivity index (χ2n) is 4.91. The first-order valence-electron chi connectivity index (χ1n) is 6.75. The summed E-state index contributed by atoms with van der Waals surface area (Å²) >= 11 is 0. The smallest absolute Gasteiger partial charge is 0.221 e. The van der Waals surface area contributed by atoms with Gasteiger partial charge in [0.2, 0.25) is 11.7 Å². The molecule has 0 aliphatic rings. The fraction of sp³-hybridized carbons (Fsp3) is 0.0588. The van der Waals surface area contributed by atoms with Gasteiger partial charge in [0.05, 0.1) is 16.6 Å². The number of nitrogens with one attached hydrogen (secondary N) is 2. The highest BCUT2D eigenvalue weighted by molar-refractivity contribution is 6.18. The summed E-state index contributed by atoms with van der Waals surface area (Å²) in [6.07, 6.45) is 0. The Balaban J connectivity index is 2.22. The van der Waals surface area contributed by atoms with Crippen LogP contribution < -0.4 is 5.32 Å². The zero-order chi connectivity index (χ0) is 15.7. The molecule has 3 aromatic rings. The average Bonchev–Trinajstić information content (AvgIpc) is 2.87. The Morgan fingerprint density at radius 1 is 1.05 bits per heavy atom. The maximum absolute atomic E-state index is 14.1. The lowest BCUT2D eigenvalue weighted by Crippen LogP contribution is -2.11. The predicted octanol–water partition coefficient (Wildman–Crippen LogP) is 3.50. The Bertz CT molecular complexity index is 869. The number of hydrogen-bond acceptors (Lipinski definition) is 2. The van der Waals surface area contributed by atoms with Crippen LogP contribution in [-0.4, -0.2) is 16.7 Å². The van der Waals surface area contributed by atoms with Crippen molar-refractivity contribution in [2.45, 2.75) is 6.92 Å². The standard InChI is InChI=1S/C17H13FN2O2/c1-10(21)19-15-14-12(18)8-5-9-13(14)20-16(15)17(22)11-6-3-2-4-7-11/h2-9,20H,1H3,(H,19,21). The maximum Gasteiger partial charge on any atom is 0.221 e. The van der Waals surface area contributed by atoms with Crippen molar-refractivity contribution in [3.63, 3.8) is 0 Å². The van der Waals surface area contributed by atoms with Crippen molar-refractivity contribution in [2.75, 3.05) is 5.32 Å². The van der Waals surface area contributed by atoms with Gasteiger partial charge in [-0.05, 0) is 12.1 Å². The Kier molecular flexibility index (Phi) is 3.47. The minimum Gasteiger partial charge on any atom is -0.350 e. The first kappa shape index (κ1) is 14.0. The molecule has 3 rings (SSSR count). The molecule has 0 atom stereocenters. The molecule has 0 radical (unpaired) electrons. The summed E-state index contributed by atoms with van der Waals surface area (Å²) in [6.45, 7) is 1.32. The van der Waals surface area contributed by atoms with Crippen LogP contribution in [0.1, 0.15) is 23.0 Å². The summed E-state index contributed by atoms with van der Waals surface area (Å²) in [5, 5.41) is 2.76. The number of fused-ring (bicyclic) bond motifs is 1. The number of H-pyrrole nitrogens is 1. The first-order chi connectivity index (χ1) is 10.6. The number of anilines is 1. The minimum absolute atomic E-state index is 0.168. The Hall–Kier alpha value is -2.95. The first-order valence-corrected chi connectivity index (χ1v) is 6.75. The van der Waals surface area contributed by atoms with E-state index < -0.39 is 5.82 Å². The molecule has 1 aromatic heterocycles. The summed E-state index contributed by atoms with van der Waals surface area (Å²) in [7, 11) is 0. The summed E-state index contributed by atoms with van der Waals surface area (Å²) in [5.41, 5.74) is 1.26. The number of amides is 1. The molecule has 22 heavy (non-hydrogen) atoms. The van der Waals surface area contributed by atoms with Crippen molar-refractivity contribution in [1.82, 2.24) is 4.98 Å². The Morgan fingerprint density at radius 2 is 1.77 bits per heavy atom. The largest absolute Gasteiger partial charge is 0.350 e. The van der Waals surface area contributed by atoms with Gasteiger partial charge < -0.3 is 10.3 Å². The fourth-order valence-corrected chi connectivity index (χ4v) is 2.41. The van der Waals surface area contributed by atoms with Gasteiger partial charge in [-0.1, -0.05) is 36.4 Å². The van der Waals surface area contributed by atoms with Gasteiger partial charge in [0.25, 0.3) is 0 Å². The van der Waals surface area contributed by atoms with Gasteiger partial charge in [-0.25, -0.2) is 4.39 Å². The zero-order valence-corrected chi connectivity index (χ0v) is 11.8. The van der Waals surface area contributed by atoms with E-state index in [0.29, 0.717) is 11.1 Å². The highest BCUT2D eigenvalue weighted by Gasteiger charge is 2.21. The van der Waals surface area contributed by atoms with Gasteiger partial charge in [0.15, 0.2) is 0 Å². The van der Waals surface area contributed by atoms with Gasteiger partial charge >= 0.3 is 0 Å². The highest BCUT2D eigenvalue weighted by atomic mass is 19.1. The van der Waals surface area contributed by atoms with E-state index in [4.69, 9.17) is 0 Å². The van der Waals surface area contributed by atoms with E-state index in [-0.39, 0.29) is 28.5 Å². The number of ketones is 1. The van der Waals surface area contributed by atoms with Crippen molar-refractivity contribution < 1.29 is 14.0 Å². The van der Waals surface area contributed by atoms with E-state index in [9.17, 15) is 14.0 Å². The van der Waals surface area contributed by atoms with Gasteiger partial charge in [-0.3, -0.25) is 9.59 Å². The monoisotopic (exact) mass is 296 g/mol. The van der Waals surface area contributed by atoms with Gasteiger partial charge in [0, 0.05) is 12.5 Å². The van der Waals surface area contributed by atoms with Gasteiger partial charge in [-0.15, -0.1) is 0 Å². The van der Waals surface area contributed by atoms with Crippen LogP contribution in [0.25, 0.3) is 10.9 Å². The number of aromatic amines is 1. The van der Waals surface area contributed by atoms with Gasteiger partial charge in [0.1, 0.15) is 11.5 Å². The highest BCUT2D eigenvalue weighted by Crippen LogP contribution is 2.31. The van der Waals surface area contributed by atoms with Crippen molar-refractivity contribution in [3.8, 4) is 0 Å². The van der Waals surface area contributed by atoms with Crippen molar-refractivity contribution in [1.29, 1.82) is 0 Å². The summed E-state index contributed by atoms with van der Waals surface area (Å²) in [6, 6.07) is 13.1.